The second-order valence-corrected chi connectivity index (χ2v) is 12.2. The Balaban J connectivity index is 2.70. The first-order chi connectivity index (χ1) is 10.1. The van der Waals surface area contributed by atoms with Crippen LogP contribution in [0.1, 0.15) is 33.6 Å². The summed E-state index contributed by atoms with van der Waals surface area (Å²) in [5.41, 5.74) is 0.945. The molecule has 0 aromatic heterocycles. The van der Waals surface area contributed by atoms with Crippen LogP contribution in [0.4, 0.5) is 0 Å². The molecular weight excluding hydrogens is 300 g/mol. The van der Waals surface area contributed by atoms with Gasteiger partial charge in [-0.1, -0.05) is 26.3 Å². The van der Waals surface area contributed by atoms with Gasteiger partial charge in [-0.2, -0.15) is 0 Å². The van der Waals surface area contributed by atoms with Crippen LogP contribution in [0, 0.1) is 0 Å². The molecule has 0 aromatic rings. The van der Waals surface area contributed by atoms with E-state index in [2.05, 4.69) is 38.6 Å². The lowest BCUT2D eigenvalue weighted by Gasteiger charge is -2.38. The fourth-order valence-corrected chi connectivity index (χ4v) is 3.14. The molecule has 5 nitrogen and oxygen atoms in total. The van der Waals surface area contributed by atoms with Gasteiger partial charge in [0.25, 0.3) is 0 Å². The van der Waals surface area contributed by atoms with Gasteiger partial charge < -0.3 is 19.0 Å². The number of carbonyl (C=O) groups is 1. The van der Waals surface area contributed by atoms with Gasteiger partial charge in [-0.05, 0) is 31.0 Å². The Kier molecular flexibility index (Phi) is 6.79. The number of rotatable bonds is 5. The maximum Gasteiger partial charge on any atom is 0.330 e. The highest BCUT2D eigenvalue weighted by atomic mass is 28.4. The number of aliphatic hydroxyl groups is 1. The number of hydrogen-bond donors (Lipinski definition) is 1. The van der Waals surface area contributed by atoms with Crippen molar-refractivity contribution >= 4 is 14.3 Å². The van der Waals surface area contributed by atoms with Gasteiger partial charge in [-0.3, -0.25) is 0 Å². The lowest BCUT2D eigenvalue weighted by molar-refractivity contribution is -0.135. The normalized spacial score (nSPS) is 25.3. The molecule has 1 N–H and O–H groups in total. The summed E-state index contributed by atoms with van der Waals surface area (Å²) in [6, 6.07) is 0. The van der Waals surface area contributed by atoms with E-state index in [4.69, 9.17) is 9.16 Å². The molecule has 1 saturated heterocycles. The lowest BCUT2D eigenvalue weighted by atomic mass is 9.98. The zero-order valence-electron chi connectivity index (χ0n) is 14.6. The van der Waals surface area contributed by atoms with Crippen LogP contribution in [0.5, 0.6) is 0 Å². The third-order valence-electron chi connectivity index (χ3n) is 4.53. The van der Waals surface area contributed by atoms with E-state index in [-0.39, 0.29) is 29.8 Å². The minimum absolute atomic E-state index is 0.0604. The topological polar surface area (TPSA) is 65.0 Å². The highest BCUT2D eigenvalue weighted by molar-refractivity contribution is 6.74. The SMILES string of the molecule is COC(=O)/C=C1\C[C@@H](CO)O[C@@H](CO[Si](C)(C)C(C)(C)C)C1. The molecule has 0 aliphatic carbocycles. The first-order valence-electron chi connectivity index (χ1n) is 7.76. The van der Waals surface area contributed by atoms with Crippen LogP contribution in [-0.4, -0.2) is 51.9 Å². The van der Waals surface area contributed by atoms with Crippen LogP contribution in [0.15, 0.2) is 11.6 Å². The molecule has 0 saturated carbocycles. The number of carbonyl (C=O) groups excluding carboxylic acids is 1. The maximum atomic E-state index is 11.4. The molecule has 0 spiro atoms. The van der Waals surface area contributed by atoms with Crippen LogP contribution >= 0.6 is 0 Å². The molecular formula is C16H30O5Si. The minimum Gasteiger partial charge on any atom is -0.466 e. The first kappa shape index (κ1) is 19.4. The molecule has 0 amide bonds. The van der Waals surface area contributed by atoms with Gasteiger partial charge in [0.15, 0.2) is 8.32 Å². The molecule has 0 aromatic carbocycles. The Labute approximate surface area is 134 Å². The van der Waals surface area contributed by atoms with E-state index >= 15 is 0 Å². The third kappa shape index (κ3) is 5.50. The average molecular weight is 330 g/mol. The van der Waals surface area contributed by atoms with Crippen LogP contribution in [0.2, 0.25) is 18.1 Å². The molecule has 0 bridgehead atoms. The molecule has 1 heterocycles. The summed E-state index contributed by atoms with van der Waals surface area (Å²) in [7, 11) is -0.474. The monoisotopic (exact) mass is 330 g/mol. The predicted molar refractivity (Wildman–Crippen MR) is 88.2 cm³/mol. The summed E-state index contributed by atoms with van der Waals surface area (Å²) in [6.07, 6.45) is 2.29. The van der Waals surface area contributed by atoms with Crippen LogP contribution in [0.25, 0.3) is 0 Å². The molecule has 1 aliphatic heterocycles. The van der Waals surface area contributed by atoms with Crippen molar-refractivity contribution in [2.75, 3.05) is 20.3 Å². The fraction of sp³-hybridized carbons (Fsp3) is 0.812. The van der Waals surface area contributed by atoms with E-state index in [0.29, 0.717) is 19.4 Å². The van der Waals surface area contributed by atoms with E-state index in [9.17, 15) is 9.90 Å². The summed E-state index contributed by atoms with van der Waals surface area (Å²) in [4.78, 5) is 11.4. The van der Waals surface area contributed by atoms with E-state index < -0.39 is 8.32 Å². The van der Waals surface area contributed by atoms with Crippen molar-refractivity contribution in [3.63, 3.8) is 0 Å². The Morgan fingerprint density at radius 3 is 2.45 bits per heavy atom. The van der Waals surface area contributed by atoms with E-state index in [1.165, 1.54) is 13.2 Å². The summed E-state index contributed by atoms with van der Waals surface area (Å²) in [5, 5.41) is 9.52. The van der Waals surface area contributed by atoms with Crippen molar-refractivity contribution < 1.29 is 23.8 Å². The number of aliphatic hydroxyl groups excluding tert-OH is 1. The summed E-state index contributed by atoms with van der Waals surface area (Å²) in [6.45, 7) is 11.4. The van der Waals surface area contributed by atoms with Crippen molar-refractivity contribution in [2.45, 2.75) is 64.0 Å². The van der Waals surface area contributed by atoms with Crippen LogP contribution < -0.4 is 0 Å². The number of methoxy groups -OCH3 is 1. The largest absolute Gasteiger partial charge is 0.466 e. The predicted octanol–water partition coefficient (Wildman–Crippen LogP) is 2.65. The second kappa shape index (κ2) is 7.72. The Morgan fingerprint density at radius 1 is 1.36 bits per heavy atom. The standard InChI is InChI=1S/C16H30O5Si/c1-16(2,3)22(5,6)20-11-14-8-12(9-15(18)19-4)7-13(10-17)21-14/h9,13-14,17H,7-8,10-11H2,1-6H3/b12-9+/t13-,14+/m0/s1. The number of hydrogen-bond acceptors (Lipinski definition) is 5. The van der Waals surface area contributed by atoms with Gasteiger partial charge in [0.1, 0.15) is 0 Å². The quantitative estimate of drug-likeness (QED) is 0.477. The zero-order chi connectivity index (χ0) is 17.0. The Hall–Kier alpha value is -0.693. The van der Waals surface area contributed by atoms with Crippen molar-refractivity contribution in [1.29, 1.82) is 0 Å². The van der Waals surface area contributed by atoms with Crippen LogP contribution in [-0.2, 0) is 18.7 Å². The molecule has 2 atom stereocenters. The van der Waals surface area contributed by atoms with Gasteiger partial charge in [-0.15, -0.1) is 0 Å². The van der Waals surface area contributed by atoms with Crippen molar-refractivity contribution in [2.24, 2.45) is 0 Å². The van der Waals surface area contributed by atoms with Crippen molar-refractivity contribution in [3.8, 4) is 0 Å². The van der Waals surface area contributed by atoms with Crippen molar-refractivity contribution in [1.82, 2.24) is 0 Å². The molecule has 1 rings (SSSR count). The second-order valence-electron chi connectivity index (χ2n) is 7.37. The van der Waals surface area contributed by atoms with E-state index in [0.717, 1.165) is 5.57 Å². The van der Waals surface area contributed by atoms with Crippen molar-refractivity contribution in [3.05, 3.63) is 11.6 Å². The highest BCUT2D eigenvalue weighted by Gasteiger charge is 2.38. The van der Waals surface area contributed by atoms with Gasteiger partial charge in [-0.25, -0.2) is 4.79 Å². The first-order valence-corrected chi connectivity index (χ1v) is 10.7. The van der Waals surface area contributed by atoms with Gasteiger partial charge in [0.05, 0.1) is 32.5 Å². The van der Waals surface area contributed by atoms with E-state index in [1.807, 2.05) is 0 Å². The summed E-state index contributed by atoms with van der Waals surface area (Å²) in [5.74, 6) is -0.363. The smallest absolute Gasteiger partial charge is 0.330 e. The molecule has 1 aliphatic rings. The number of esters is 1. The zero-order valence-corrected chi connectivity index (χ0v) is 15.6. The molecule has 1 fully saturated rings. The van der Waals surface area contributed by atoms with Gasteiger partial charge >= 0.3 is 5.97 Å². The molecule has 22 heavy (non-hydrogen) atoms. The Bertz CT molecular complexity index is 411. The molecule has 128 valence electrons. The molecule has 0 unspecified atom stereocenters. The van der Waals surface area contributed by atoms with Crippen LogP contribution in [0.3, 0.4) is 0 Å². The summed E-state index contributed by atoms with van der Waals surface area (Å²) < 4.78 is 16.7. The van der Waals surface area contributed by atoms with Gasteiger partial charge in [0, 0.05) is 6.08 Å². The van der Waals surface area contributed by atoms with Gasteiger partial charge in [0.2, 0.25) is 0 Å². The Morgan fingerprint density at radius 2 is 1.95 bits per heavy atom. The fourth-order valence-electron chi connectivity index (χ4n) is 2.10. The van der Waals surface area contributed by atoms with E-state index in [1.54, 1.807) is 0 Å². The lowest BCUT2D eigenvalue weighted by Crippen LogP contribution is -2.44. The number of ether oxygens (including phenoxy) is 2. The molecule has 0 radical (unpaired) electrons. The summed E-state index contributed by atoms with van der Waals surface area (Å²) >= 11 is 0. The third-order valence-corrected chi connectivity index (χ3v) is 9.03. The minimum atomic E-state index is -1.84. The maximum absolute atomic E-state index is 11.4. The molecule has 6 heteroatoms. The average Bonchev–Trinajstić information content (AvgIpc) is 2.43. The highest BCUT2D eigenvalue weighted by Crippen LogP contribution is 2.37.